The van der Waals surface area contributed by atoms with Gasteiger partial charge in [-0.2, -0.15) is 0 Å². The second kappa shape index (κ2) is 12.3. The molecule has 0 spiro atoms. The lowest BCUT2D eigenvalue weighted by Gasteiger charge is -2.31. The normalized spacial score (nSPS) is 22.1. The Morgan fingerprint density at radius 3 is 2.33 bits per heavy atom. The van der Waals surface area contributed by atoms with Crippen LogP contribution in [0.2, 0.25) is 0 Å². The summed E-state index contributed by atoms with van der Waals surface area (Å²) in [4.78, 5) is 21.5. The predicted octanol–water partition coefficient (Wildman–Crippen LogP) is 8.73. The van der Waals surface area contributed by atoms with Crippen LogP contribution in [0.5, 0.6) is 5.75 Å². The average molecular weight is 632 g/mol. The van der Waals surface area contributed by atoms with E-state index < -0.39 is 0 Å². The first-order valence-electron chi connectivity index (χ1n) is 13.0. The van der Waals surface area contributed by atoms with Gasteiger partial charge in [-0.15, -0.1) is 0 Å². The molecule has 0 aromatic heterocycles. The van der Waals surface area contributed by atoms with Crippen LogP contribution in [0.15, 0.2) is 61.3 Å². The van der Waals surface area contributed by atoms with Gasteiger partial charge < -0.3 is 4.74 Å². The third-order valence-corrected chi connectivity index (χ3v) is 9.46. The molecule has 5 rings (SSSR count). The number of thioether (sulfide) groups is 1. The van der Waals surface area contributed by atoms with Crippen LogP contribution in [0.3, 0.4) is 0 Å². The summed E-state index contributed by atoms with van der Waals surface area (Å²) in [5, 5.41) is 0.935. The fourth-order valence-corrected chi connectivity index (χ4v) is 7.49. The molecule has 0 atom stereocenters. The molecule has 2 aliphatic carbocycles. The molecule has 7 heteroatoms. The summed E-state index contributed by atoms with van der Waals surface area (Å²) >= 11 is 8.64. The van der Waals surface area contributed by atoms with Crippen LogP contribution in [0, 0.1) is 0 Å². The van der Waals surface area contributed by atoms with Crippen molar-refractivity contribution in [2.45, 2.75) is 82.9 Å². The van der Waals surface area contributed by atoms with Gasteiger partial charge in [0, 0.05) is 20.6 Å². The number of nitrogens with zero attached hydrogens (tertiary/aromatic N) is 2. The molecule has 3 aliphatic rings. The molecular weight excluding hydrogens is 600 g/mol. The van der Waals surface area contributed by atoms with E-state index >= 15 is 0 Å². The molecule has 190 valence electrons. The van der Waals surface area contributed by atoms with Crippen molar-refractivity contribution in [2.24, 2.45) is 4.99 Å². The summed E-state index contributed by atoms with van der Waals surface area (Å²) in [5.41, 5.74) is 2.09. The van der Waals surface area contributed by atoms with Crippen molar-refractivity contribution in [1.29, 1.82) is 0 Å². The van der Waals surface area contributed by atoms with Gasteiger partial charge in [0.15, 0.2) is 5.17 Å². The largest absolute Gasteiger partial charge is 0.489 e. The number of hydrogen-bond acceptors (Lipinski definition) is 4. The zero-order valence-corrected chi connectivity index (χ0v) is 24.4. The molecule has 1 aliphatic heterocycles. The van der Waals surface area contributed by atoms with E-state index in [-0.39, 0.29) is 5.91 Å². The van der Waals surface area contributed by atoms with Gasteiger partial charge in [0.25, 0.3) is 5.91 Å². The Morgan fingerprint density at radius 2 is 1.64 bits per heavy atom. The summed E-state index contributed by atoms with van der Waals surface area (Å²) in [5.74, 6) is 0.933. The van der Waals surface area contributed by atoms with Crippen molar-refractivity contribution in [3.63, 3.8) is 0 Å². The summed E-state index contributed by atoms with van der Waals surface area (Å²) in [6, 6.07) is 14.7. The van der Waals surface area contributed by atoms with Gasteiger partial charge in [-0.25, -0.2) is 0 Å². The molecule has 1 saturated heterocycles. The fourth-order valence-electron chi connectivity index (χ4n) is 5.22. The molecule has 1 heterocycles. The Balaban J connectivity index is 1.30. The summed E-state index contributed by atoms with van der Waals surface area (Å²) in [7, 11) is 0. The molecule has 36 heavy (non-hydrogen) atoms. The second-order valence-corrected chi connectivity index (χ2v) is 12.7. The van der Waals surface area contributed by atoms with Crippen molar-refractivity contribution in [3.05, 3.63) is 67.4 Å². The number of hydrogen-bond donors (Lipinski definition) is 0. The molecule has 1 amide bonds. The van der Waals surface area contributed by atoms with E-state index in [1.807, 2.05) is 53.4 Å². The van der Waals surface area contributed by atoms with Crippen LogP contribution < -0.4 is 4.74 Å². The maximum atomic E-state index is 13.6. The van der Waals surface area contributed by atoms with Crippen LogP contribution in [0.4, 0.5) is 0 Å². The standard InChI is InChI=1S/C29H32Br2N2O2S/c30-22-14-13-21(26(31)18-22)19-35-25-15-11-20(12-16-25)17-27-28(34)33(24-9-5-2-6-10-24)29(36-27)32-23-7-3-1-4-8-23/h11-18,23-24H,1-10,19H2/b27-17+,32-29?. The highest BCUT2D eigenvalue weighted by Crippen LogP contribution is 2.38. The van der Waals surface area contributed by atoms with Crippen LogP contribution in [0.1, 0.15) is 75.3 Å². The lowest BCUT2D eigenvalue weighted by atomic mass is 9.94. The molecule has 0 N–H and O–H groups in total. The predicted molar refractivity (Wildman–Crippen MR) is 156 cm³/mol. The number of rotatable bonds is 6. The van der Waals surface area contributed by atoms with Gasteiger partial charge in [0.05, 0.1) is 10.9 Å². The zero-order chi connectivity index (χ0) is 24.9. The summed E-state index contributed by atoms with van der Waals surface area (Å²) < 4.78 is 8.04. The maximum Gasteiger partial charge on any atom is 0.266 e. The average Bonchev–Trinajstić information content (AvgIpc) is 3.19. The van der Waals surface area contributed by atoms with E-state index in [0.717, 1.165) is 61.6 Å². The molecule has 0 radical (unpaired) electrons. The first kappa shape index (κ1) is 26.1. The van der Waals surface area contributed by atoms with Gasteiger partial charge >= 0.3 is 0 Å². The molecule has 2 saturated carbocycles. The number of benzene rings is 2. The Bertz CT molecular complexity index is 1140. The van der Waals surface area contributed by atoms with E-state index in [9.17, 15) is 4.79 Å². The molecule has 4 nitrogen and oxygen atoms in total. The van der Waals surface area contributed by atoms with E-state index in [0.29, 0.717) is 18.7 Å². The number of carbonyl (C=O) groups excluding carboxylic acids is 1. The Morgan fingerprint density at radius 1 is 0.944 bits per heavy atom. The smallest absolute Gasteiger partial charge is 0.266 e. The maximum absolute atomic E-state index is 13.6. The van der Waals surface area contributed by atoms with E-state index in [4.69, 9.17) is 9.73 Å². The van der Waals surface area contributed by atoms with Gasteiger partial charge in [0.1, 0.15) is 12.4 Å². The van der Waals surface area contributed by atoms with Crippen LogP contribution >= 0.6 is 43.6 Å². The third kappa shape index (κ3) is 6.46. The minimum absolute atomic E-state index is 0.127. The molecule has 2 aromatic carbocycles. The highest BCUT2D eigenvalue weighted by molar-refractivity contribution is 9.11. The van der Waals surface area contributed by atoms with Crippen LogP contribution in [-0.4, -0.2) is 28.1 Å². The van der Waals surface area contributed by atoms with Crippen LogP contribution in [0.25, 0.3) is 6.08 Å². The number of amidine groups is 1. The van der Waals surface area contributed by atoms with Crippen LogP contribution in [-0.2, 0) is 11.4 Å². The summed E-state index contributed by atoms with van der Waals surface area (Å²) in [6.07, 6.45) is 14.0. The number of halogens is 2. The van der Waals surface area contributed by atoms with Gasteiger partial charge in [-0.3, -0.25) is 14.7 Å². The highest BCUT2D eigenvalue weighted by Gasteiger charge is 2.39. The van der Waals surface area contributed by atoms with E-state index in [1.165, 1.54) is 38.5 Å². The molecule has 0 unspecified atom stereocenters. The monoisotopic (exact) mass is 630 g/mol. The van der Waals surface area contributed by atoms with Gasteiger partial charge in [-0.05, 0) is 73.4 Å². The fraction of sp³-hybridized carbons (Fsp3) is 0.448. The SMILES string of the molecule is O=C1/C(=C\c2ccc(OCc3ccc(Br)cc3Br)cc2)SC(=NC2CCCCC2)N1C1CCCCC1. The minimum Gasteiger partial charge on any atom is -0.489 e. The van der Waals surface area contributed by atoms with Crippen molar-refractivity contribution in [2.75, 3.05) is 0 Å². The molecular formula is C29H32Br2N2O2S. The topological polar surface area (TPSA) is 41.9 Å². The molecule has 3 fully saturated rings. The summed E-state index contributed by atoms with van der Waals surface area (Å²) in [6.45, 7) is 0.486. The van der Waals surface area contributed by atoms with Crippen molar-refractivity contribution in [1.82, 2.24) is 4.90 Å². The quantitative estimate of drug-likeness (QED) is 0.299. The van der Waals surface area contributed by atoms with Crippen molar-refractivity contribution < 1.29 is 9.53 Å². The minimum atomic E-state index is 0.127. The highest BCUT2D eigenvalue weighted by atomic mass is 79.9. The Hall–Kier alpha value is -1.57. The van der Waals surface area contributed by atoms with E-state index in [1.54, 1.807) is 11.8 Å². The second-order valence-electron chi connectivity index (χ2n) is 9.87. The number of aliphatic imine (C=N–C) groups is 1. The first-order chi connectivity index (χ1) is 17.6. The lowest BCUT2D eigenvalue weighted by Crippen LogP contribution is -2.41. The lowest BCUT2D eigenvalue weighted by molar-refractivity contribution is -0.124. The Kier molecular flexibility index (Phi) is 8.91. The molecule has 2 aromatic rings. The van der Waals surface area contributed by atoms with Gasteiger partial charge in [0.2, 0.25) is 0 Å². The van der Waals surface area contributed by atoms with E-state index in [2.05, 4.69) is 31.9 Å². The first-order valence-corrected chi connectivity index (χ1v) is 15.4. The van der Waals surface area contributed by atoms with Crippen molar-refractivity contribution >= 4 is 60.8 Å². The number of ether oxygens (including phenoxy) is 1. The Labute approximate surface area is 235 Å². The van der Waals surface area contributed by atoms with Gasteiger partial charge in [-0.1, -0.05) is 88.6 Å². The van der Waals surface area contributed by atoms with Crippen molar-refractivity contribution in [3.8, 4) is 5.75 Å². The molecule has 0 bridgehead atoms. The third-order valence-electron chi connectivity index (χ3n) is 7.23. The number of carbonyl (C=O) groups is 1. The number of amides is 1. The zero-order valence-electron chi connectivity index (χ0n) is 20.4.